The van der Waals surface area contributed by atoms with E-state index in [0.717, 1.165) is 13.0 Å². The van der Waals surface area contributed by atoms with Gasteiger partial charge >= 0.3 is 0 Å². The molecule has 1 aromatic carbocycles. The van der Waals surface area contributed by atoms with Crippen molar-refractivity contribution in [2.75, 3.05) is 10.5 Å². The lowest BCUT2D eigenvalue weighted by atomic mass is 10.1. The first-order valence-corrected chi connectivity index (χ1v) is 5.09. The Morgan fingerprint density at radius 2 is 2.23 bits per heavy atom. The predicted octanol–water partition coefficient (Wildman–Crippen LogP) is 2.84. The largest absolute Gasteiger partial charge is 0.361 e. The number of anilines is 1. The number of benzene rings is 1. The zero-order valence-corrected chi connectivity index (χ0v) is 8.63. The van der Waals surface area contributed by atoms with E-state index in [4.69, 9.17) is 0 Å². The van der Waals surface area contributed by atoms with Gasteiger partial charge in [-0.2, -0.15) is 0 Å². The van der Waals surface area contributed by atoms with Gasteiger partial charge in [0.1, 0.15) is 0 Å². The fourth-order valence-electron chi connectivity index (χ4n) is 1.98. The summed E-state index contributed by atoms with van der Waals surface area (Å²) in [7, 11) is 0. The van der Waals surface area contributed by atoms with E-state index in [0.29, 0.717) is 0 Å². The maximum atomic E-state index is 3.56. The Bertz CT molecular complexity index is 461. The van der Waals surface area contributed by atoms with E-state index in [1.165, 1.54) is 22.2 Å². The number of rotatable bonds is 0. The Labute approximate surface area is 84.9 Å². The quantitative estimate of drug-likeness (QED) is 0.698. The molecule has 2 nitrogen and oxygen atoms in total. The van der Waals surface area contributed by atoms with Gasteiger partial charge in [-0.1, -0.05) is 6.07 Å². The second kappa shape index (κ2) is 2.51. The third kappa shape index (κ3) is 0.936. The molecule has 0 amide bonds. The van der Waals surface area contributed by atoms with Crippen LogP contribution in [0.1, 0.15) is 5.56 Å². The molecule has 0 radical (unpaired) electrons. The van der Waals surface area contributed by atoms with E-state index in [2.05, 4.69) is 43.3 Å². The lowest BCUT2D eigenvalue weighted by Crippen LogP contribution is -2.03. The van der Waals surface area contributed by atoms with Gasteiger partial charge in [0.25, 0.3) is 0 Å². The summed E-state index contributed by atoms with van der Waals surface area (Å²) < 4.78 is 2.15. The van der Waals surface area contributed by atoms with Crippen molar-refractivity contribution in [2.24, 2.45) is 0 Å². The molecule has 1 N–H and O–H groups in total. The van der Waals surface area contributed by atoms with E-state index >= 15 is 0 Å². The molecule has 0 fully saturated rings. The molecule has 0 atom stereocenters. The molecule has 0 aliphatic carbocycles. The highest BCUT2D eigenvalue weighted by molar-refractivity contribution is 9.10. The topological polar surface area (TPSA) is 19.0 Å². The Kier molecular flexibility index (Phi) is 1.44. The third-order valence-corrected chi connectivity index (χ3v) is 3.32. The lowest BCUT2D eigenvalue weighted by molar-refractivity contribution is 1.06. The summed E-state index contributed by atoms with van der Waals surface area (Å²) in [5.41, 5.74) is 3.98. The fourth-order valence-corrected chi connectivity index (χ4v) is 2.58. The van der Waals surface area contributed by atoms with Crippen LogP contribution in [0.3, 0.4) is 0 Å². The van der Waals surface area contributed by atoms with E-state index in [-0.39, 0.29) is 0 Å². The molecular formula is C10H9BrN2. The van der Waals surface area contributed by atoms with Crippen LogP contribution in [-0.4, -0.2) is 11.5 Å². The number of fused-ring (bicyclic) bond motifs is 3. The minimum absolute atomic E-state index is 1.07. The number of hydrogen-bond donors (Lipinski definition) is 1. The lowest BCUT2D eigenvalue weighted by Gasteiger charge is -2.09. The number of nitrogens with zero attached hydrogens (tertiary/aromatic N) is 1. The van der Waals surface area contributed by atoms with Crippen molar-refractivity contribution in [1.82, 2.24) is 4.98 Å². The molecule has 0 saturated heterocycles. The Morgan fingerprint density at radius 1 is 1.31 bits per heavy atom. The van der Waals surface area contributed by atoms with Crippen LogP contribution in [0, 0.1) is 0 Å². The molecule has 1 aliphatic rings. The molecule has 0 unspecified atom stereocenters. The number of aromatic nitrogens is 1. The fraction of sp³-hybridized carbons (Fsp3) is 0.200. The summed E-state index contributed by atoms with van der Waals surface area (Å²) in [6, 6.07) is 6.49. The molecule has 3 heteroatoms. The predicted molar refractivity (Wildman–Crippen MR) is 58.3 cm³/mol. The molecule has 3 rings (SSSR count). The smallest absolute Gasteiger partial charge is 0.0597 e. The average Bonchev–Trinajstić information content (AvgIpc) is 2.70. The first-order chi connectivity index (χ1) is 6.36. The number of hydrogen-bond acceptors (Lipinski definition) is 1. The first-order valence-electron chi connectivity index (χ1n) is 4.38. The highest BCUT2D eigenvalue weighted by Crippen LogP contribution is 2.36. The SMILES string of the molecule is BrN1CCc2ccc3[nH]ccc3c21. The molecule has 13 heavy (non-hydrogen) atoms. The number of halogens is 1. The molecule has 2 aromatic rings. The summed E-state index contributed by atoms with van der Waals surface area (Å²) in [5, 5.41) is 1.31. The molecule has 1 aromatic heterocycles. The summed E-state index contributed by atoms with van der Waals surface area (Å²) in [5.74, 6) is 0. The van der Waals surface area contributed by atoms with Crippen molar-refractivity contribution in [3.05, 3.63) is 30.0 Å². The van der Waals surface area contributed by atoms with E-state index < -0.39 is 0 Å². The highest BCUT2D eigenvalue weighted by Gasteiger charge is 2.19. The van der Waals surface area contributed by atoms with Gasteiger partial charge < -0.3 is 8.91 Å². The first kappa shape index (κ1) is 7.44. The molecule has 2 heterocycles. The summed E-state index contributed by atoms with van der Waals surface area (Å²) in [6.45, 7) is 1.07. The minimum Gasteiger partial charge on any atom is -0.361 e. The van der Waals surface area contributed by atoms with Crippen molar-refractivity contribution in [2.45, 2.75) is 6.42 Å². The van der Waals surface area contributed by atoms with Gasteiger partial charge in [-0.05, 0) is 24.1 Å². The van der Waals surface area contributed by atoms with Crippen LogP contribution in [0.4, 0.5) is 5.69 Å². The van der Waals surface area contributed by atoms with Crippen molar-refractivity contribution >= 4 is 32.7 Å². The molecule has 0 bridgehead atoms. The Hall–Kier alpha value is -0.960. The van der Waals surface area contributed by atoms with Crippen LogP contribution in [0.15, 0.2) is 24.4 Å². The van der Waals surface area contributed by atoms with Crippen molar-refractivity contribution < 1.29 is 0 Å². The van der Waals surface area contributed by atoms with Crippen molar-refractivity contribution in [3.63, 3.8) is 0 Å². The van der Waals surface area contributed by atoms with Gasteiger partial charge in [-0.3, -0.25) is 0 Å². The maximum absolute atomic E-state index is 3.56. The average molecular weight is 237 g/mol. The Balaban J connectivity index is 2.42. The van der Waals surface area contributed by atoms with Gasteiger partial charge in [0.2, 0.25) is 0 Å². The summed E-state index contributed by atoms with van der Waals surface area (Å²) >= 11 is 3.56. The number of aromatic amines is 1. The van der Waals surface area contributed by atoms with Gasteiger partial charge in [-0.15, -0.1) is 0 Å². The van der Waals surface area contributed by atoms with E-state index in [1.54, 1.807) is 0 Å². The molecular weight excluding hydrogens is 228 g/mol. The highest BCUT2D eigenvalue weighted by atomic mass is 79.9. The van der Waals surface area contributed by atoms with Crippen LogP contribution in [0.2, 0.25) is 0 Å². The second-order valence-electron chi connectivity index (χ2n) is 3.35. The molecule has 0 spiro atoms. The minimum atomic E-state index is 1.07. The zero-order chi connectivity index (χ0) is 8.84. The zero-order valence-electron chi connectivity index (χ0n) is 7.05. The van der Waals surface area contributed by atoms with Crippen molar-refractivity contribution in [3.8, 4) is 0 Å². The number of H-pyrrole nitrogens is 1. The van der Waals surface area contributed by atoms with E-state index in [1.807, 2.05) is 6.20 Å². The maximum Gasteiger partial charge on any atom is 0.0597 e. The Morgan fingerprint density at radius 3 is 3.15 bits per heavy atom. The second-order valence-corrected chi connectivity index (χ2v) is 4.20. The normalized spacial score (nSPS) is 15.3. The molecule has 1 aliphatic heterocycles. The molecule has 0 saturated carbocycles. The van der Waals surface area contributed by atoms with Crippen LogP contribution in [-0.2, 0) is 6.42 Å². The van der Waals surface area contributed by atoms with Crippen LogP contribution in [0.5, 0.6) is 0 Å². The molecule has 66 valence electrons. The number of nitrogens with one attached hydrogen (secondary N) is 1. The third-order valence-electron chi connectivity index (χ3n) is 2.61. The van der Waals surface area contributed by atoms with Crippen molar-refractivity contribution in [1.29, 1.82) is 0 Å². The van der Waals surface area contributed by atoms with Crippen LogP contribution in [0.25, 0.3) is 10.9 Å². The van der Waals surface area contributed by atoms with Gasteiger partial charge in [-0.25, -0.2) is 0 Å². The van der Waals surface area contributed by atoms with E-state index in [9.17, 15) is 0 Å². The standard InChI is InChI=1S/C10H9BrN2/c11-13-6-4-7-1-2-9-8(10(7)13)3-5-12-9/h1-3,5,12H,4,6H2. The summed E-state index contributed by atoms with van der Waals surface area (Å²) in [6.07, 6.45) is 3.13. The van der Waals surface area contributed by atoms with Crippen LogP contribution < -0.4 is 3.93 Å². The van der Waals surface area contributed by atoms with Crippen LogP contribution >= 0.6 is 16.1 Å². The van der Waals surface area contributed by atoms with Gasteiger partial charge in [0, 0.05) is 39.8 Å². The van der Waals surface area contributed by atoms with Gasteiger partial charge in [0.15, 0.2) is 0 Å². The van der Waals surface area contributed by atoms with Gasteiger partial charge in [0.05, 0.1) is 5.69 Å². The summed E-state index contributed by atoms with van der Waals surface area (Å²) in [4.78, 5) is 3.22. The monoisotopic (exact) mass is 236 g/mol.